The highest BCUT2D eigenvalue weighted by Gasteiger charge is 2.26. The standard InChI is InChI=1S/C17H28F3N7.HI/c1-2-21-15(23-9-5-17(18,19)20)22-8-4-10-26-11-13-27(14-12-26)16-24-6-3-7-25-16;/h3,6-7H,2,4-5,8-14H2,1H3,(H2,21,22,23);1H. The first-order chi connectivity index (χ1) is 13.0. The number of piperazine rings is 1. The molecule has 0 bridgehead atoms. The van der Waals surface area contributed by atoms with E-state index in [4.69, 9.17) is 0 Å². The van der Waals surface area contributed by atoms with Crippen LogP contribution in [0, 0.1) is 0 Å². The lowest BCUT2D eigenvalue weighted by atomic mass is 10.3. The zero-order valence-corrected chi connectivity index (χ0v) is 18.4. The summed E-state index contributed by atoms with van der Waals surface area (Å²) in [7, 11) is 0. The summed E-state index contributed by atoms with van der Waals surface area (Å²) in [5, 5.41) is 5.69. The molecule has 160 valence electrons. The predicted molar refractivity (Wildman–Crippen MR) is 115 cm³/mol. The van der Waals surface area contributed by atoms with Crippen molar-refractivity contribution in [3.05, 3.63) is 18.5 Å². The number of rotatable bonds is 8. The molecule has 1 aromatic rings. The molecule has 11 heteroatoms. The van der Waals surface area contributed by atoms with Gasteiger partial charge in [-0.05, 0) is 19.4 Å². The van der Waals surface area contributed by atoms with E-state index in [0.717, 1.165) is 45.1 Å². The largest absolute Gasteiger partial charge is 0.390 e. The third-order valence-electron chi connectivity index (χ3n) is 4.15. The lowest BCUT2D eigenvalue weighted by molar-refractivity contribution is -0.132. The van der Waals surface area contributed by atoms with Gasteiger partial charge in [0.05, 0.1) is 6.42 Å². The highest BCUT2D eigenvalue weighted by Crippen LogP contribution is 2.18. The molecule has 28 heavy (non-hydrogen) atoms. The first-order valence-corrected chi connectivity index (χ1v) is 9.31. The van der Waals surface area contributed by atoms with E-state index in [1.54, 1.807) is 18.5 Å². The third-order valence-corrected chi connectivity index (χ3v) is 4.15. The zero-order chi connectivity index (χ0) is 19.5. The Hall–Kier alpha value is -1.37. The van der Waals surface area contributed by atoms with Crippen LogP contribution in [0.15, 0.2) is 23.5 Å². The molecule has 1 saturated heterocycles. The minimum atomic E-state index is -4.16. The second-order valence-electron chi connectivity index (χ2n) is 6.28. The molecular formula is C17H29F3IN7. The van der Waals surface area contributed by atoms with Gasteiger partial charge in [0.15, 0.2) is 5.96 Å². The van der Waals surface area contributed by atoms with Crippen molar-refractivity contribution in [3.63, 3.8) is 0 Å². The molecule has 1 aromatic heterocycles. The summed E-state index contributed by atoms with van der Waals surface area (Å²) in [6, 6.07) is 1.81. The van der Waals surface area contributed by atoms with Gasteiger partial charge < -0.3 is 15.5 Å². The maximum atomic E-state index is 12.2. The Morgan fingerprint density at radius 1 is 1.14 bits per heavy atom. The van der Waals surface area contributed by atoms with E-state index in [0.29, 0.717) is 19.0 Å². The zero-order valence-electron chi connectivity index (χ0n) is 16.1. The van der Waals surface area contributed by atoms with Gasteiger partial charge in [-0.1, -0.05) is 0 Å². The highest BCUT2D eigenvalue weighted by molar-refractivity contribution is 14.0. The number of nitrogens with one attached hydrogen (secondary N) is 2. The molecule has 0 spiro atoms. The van der Waals surface area contributed by atoms with E-state index in [9.17, 15) is 13.2 Å². The number of aromatic nitrogens is 2. The van der Waals surface area contributed by atoms with Crippen LogP contribution >= 0.6 is 24.0 Å². The highest BCUT2D eigenvalue weighted by atomic mass is 127. The second-order valence-corrected chi connectivity index (χ2v) is 6.28. The fourth-order valence-electron chi connectivity index (χ4n) is 2.78. The first-order valence-electron chi connectivity index (χ1n) is 9.31. The van der Waals surface area contributed by atoms with E-state index >= 15 is 0 Å². The van der Waals surface area contributed by atoms with Crippen LogP contribution in [0.3, 0.4) is 0 Å². The second kappa shape index (κ2) is 13.0. The summed E-state index contributed by atoms with van der Waals surface area (Å²) in [6.07, 6.45) is -0.670. The van der Waals surface area contributed by atoms with Crippen LogP contribution in [0.5, 0.6) is 0 Å². The Labute approximate surface area is 181 Å². The molecule has 0 aromatic carbocycles. The quantitative estimate of drug-likeness (QED) is 0.239. The van der Waals surface area contributed by atoms with Crippen LogP contribution in [0.1, 0.15) is 19.8 Å². The van der Waals surface area contributed by atoms with Gasteiger partial charge in [0.2, 0.25) is 5.95 Å². The van der Waals surface area contributed by atoms with Crippen LogP contribution < -0.4 is 15.5 Å². The lowest BCUT2D eigenvalue weighted by Crippen LogP contribution is -2.47. The molecule has 0 unspecified atom stereocenters. The van der Waals surface area contributed by atoms with Crippen molar-refractivity contribution in [2.75, 3.05) is 57.3 Å². The molecule has 0 amide bonds. The maximum Gasteiger partial charge on any atom is 0.390 e. The molecule has 2 heterocycles. The molecule has 1 fully saturated rings. The monoisotopic (exact) mass is 515 g/mol. The fourth-order valence-corrected chi connectivity index (χ4v) is 2.78. The molecular weight excluding hydrogens is 486 g/mol. The molecule has 2 rings (SSSR count). The average Bonchev–Trinajstić information content (AvgIpc) is 2.65. The summed E-state index contributed by atoms with van der Waals surface area (Å²) in [5.41, 5.74) is 0. The van der Waals surface area contributed by atoms with Crippen molar-refractivity contribution < 1.29 is 13.2 Å². The van der Waals surface area contributed by atoms with Crippen LogP contribution in [-0.4, -0.2) is 79.4 Å². The smallest absolute Gasteiger partial charge is 0.357 e. The van der Waals surface area contributed by atoms with Gasteiger partial charge in [-0.3, -0.25) is 9.89 Å². The number of hydrogen-bond donors (Lipinski definition) is 2. The van der Waals surface area contributed by atoms with E-state index in [-0.39, 0.29) is 30.5 Å². The SMILES string of the molecule is CCNC(=NCCCN1CCN(c2ncccn2)CC1)NCCC(F)(F)F.I. The van der Waals surface area contributed by atoms with Gasteiger partial charge in [0.1, 0.15) is 0 Å². The minimum Gasteiger partial charge on any atom is -0.357 e. The normalized spacial score (nSPS) is 15.9. The maximum absolute atomic E-state index is 12.2. The molecule has 1 aliphatic rings. The first kappa shape index (κ1) is 24.7. The molecule has 0 saturated carbocycles. The summed E-state index contributed by atoms with van der Waals surface area (Å²) in [4.78, 5) is 17.4. The summed E-state index contributed by atoms with van der Waals surface area (Å²) < 4.78 is 36.7. The van der Waals surface area contributed by atoms with E-state index in [1.165, 1.54) is 0 Å². The Bertz CT molecular complexity index is 564. The summed E-state index contributed by atoms with van der Waals surface area (Å²) in [6.45, 7) is 7.46. The van der Waals surface area contributed by atoms with E-state index < -0.39 is 12.6 Å². The number of guanidine groups is 1. The number of hydrogen-bond acceptors (Lipinski definition) is 5. The molecule has 2 N–H and O–H groups in total. The summed E-state index contributed by atoms with van der Waals surface area (Å²) in [5.74, 6) is 1.20. The lowest BCUT2D eigenvalue weighted by Gasteiger charge is -2.34. The molecule has 7 nitrogen and oxygen atoms in total. The van der Waals surface area contributed by atoms with Gasteiger partial charge in [0.25, 0.3) is 0 Å². The molecule has 0 aliphatic carbocycles. The van der Waals surface area contributed by atoms with Gasteiger partial charge in [0, 0.05) is 64.8 Å². The van der Waals surface area contributed by atoms with E-state index in [2.05, 4.69) is 35.4 Å². The number of anilines is 1. The summed E-state index contributed by atoms with van der Waals surface area (Å²) >= 11 is 0. The molecule has 0 radical (unpaired) electrons. The predicted octanol–water partition coefficient (Wildman–Crippen LogP) is 2.11. The third kappa shape index (κ3) is 9.71. The van der Waals surface area contributed by atoms with Crippen molar-refractivity contribution in [2.24, 2.45) is 4.99 Å². The number of aliphatic imine (C=N–C) groups is 1. The van der Waals surface area contributed by atoms with Gasteiger partial charge in [-0.15, -0.1) is 24.0 Å². The van der Waals surface area contributed by atoms with Crippen molar-refractivity contribution in [3.8, 4) is 0 Å². The fraction of sp³-hybridized carbons (Fsp3) is 0.706. The minimum absolute atomic E-state index is 0. The van der Waals surface area contributed by atoms with Crippen LogP contribution in [0.2, 0.25) is 0 Å². The van der Waals surface area contributed by atoms with Crippen LogP contribution in [0.4, 0.5) is 19.1 Å². The van der Waals surface area contributed by atoms with Crippen molar-refractivity contribution in [1.82, 2.24) is 25.5 Å². The van der Waals surface area contributed by atoms with Gasteiger partial charge in [-0.25, -0.2) is 9.97 Å². The van der Waals surface area contributed by atoms with Crippen molar-refractivity contribution in [2.45, 2.75) is 25.9 Å². The Morgan fingerprint density at radius 2 is 1.82 bits per heavy atom. The van der Waals surface area contributed by atoms with Crippen molar-refractivity contribution in [1.29, 1.82) is 0 Å². The molecule has 1 aliphatic heterocycles. The Morgan fingerprint density at radius 3 is 2.43 bits per heavy atom. The average molecular weight is 515 g/mol. The van der Waals surface area contributed by atoms with Gasteiger partial charge >= 0.3 is 6.18 Å². The van der Waals surface area contributed by atoms with Crippen LogP contribution in [0.25, 0.3) is 0 Å². The van der Waals surface area contributed by atoms with Crippen LogP contribution in [-0.2, 0) is 0 Å². The number of halogens is 4. The number of nitrogens with zero attached hydrogens (tertiary/aromatic N) is 5. The van der Waals surface area contributed by atoms with Gasteiger partial charge in [-0.2, -0.15) is 13.2 Å². The molecule has 0 atom stereocenters. The Balaban J connectivity index is 0.00000392. The van der Waals surface area contributed by atoms with E-state index in [1.807, 2.05) is 6.92 Å². The topological polar surface area (TPSA) is 68.7 Å². The number of alkyl halides is 3. The van der Waals surface area contributed by atoms with Crippen molar-refractivity contribution >= 4 is 35.9 Å². The Kier molecular flexibility index (Phi) is 11.4.